The van der Waals surface area contributed by atoms with Gasteiger partial charge >= 0.3 is 11.7 Å². The molecule has 8 nitrogen and oxygen atoms in total. The van der Waals surface area contributed by atoms with Crippen molar-refractivity contribution >= 4 is 33.9 Å². The Morgan fingerprint density at radius 2 is 2.04 bits per heavy atom. The molecular formula is C15H18N4O4S2. The van der Waals surface area contributed by atoms with Gasteiger partial charge in [0, 0.05) is 11.9 Å². The van der Waals surface area contributed by atoms with Crippen LogP contribution in [0.15, 0.2) is 44.9 Å². The van der Waals surface area contributed by atoms with Gasteiger partial charge in [0.25, 0.3) is 10.0 Å². The number of hydrogen-bond donors (Lipinski definition) is 1. The maximum absolute atomic E-state index is 12.5. The van der Waals surface area contributed by atoms with E-state index in [1.807, 2.05) is 11.6 Å². The molecule has 1 amide bonds. The van der Waals surface area contributed by atoms with Crippen molar-refractivity contribution in [1.82, 2.24) is 19.1 Å². The smallest absolute Gasteiger partial charge is 0.278 e. The molecule has 0 saturated heterocycles. The third-order valence-corrected chi connectivity index (χ3v) is 5.65. The highest BCUT2D eigenvalue weighted by Gasteiger charge is 2.24. The fourth-order valence-electron chi connectivity index (χ4n) is 2.04. The predicted octanol–water partition coefficient (Wildman–Crippen LogP) is 1.67. The van der Waals surface area contributed by atoms with Gasteiger partial charge in [-0.25, -0.2) is 22.7 Å². The third kappa shape index (κ3) is 4.02. The largest absolute Gasteiger partial charge is 0.360 e. The van der Waals surface area contributed by atoms with Crippen molar-refractivity contribution in [1.29, 1.82) is 0 Å². The van der Waals surface area contributed by atoms with Gasteiger partial charge in [-0.1, -0.05) is 25.1 Å². The lowest BCUT2D eigenvalue weighted by Crippen LogP contribution is -2.40. The van der Waals surface area contributed by atoms with Gasteiger partial charge in [0.2, 0.25) is 0 Å². The van der Waals surface area contributed by atoms with E-state index in [0.29, 0.717) is 15.3 Å². The molecule has 0 unspecified atom stereocenters. The van der Waals surface area contributed by atoms with Crippen LogP contribution in [0.4, 0.5) is 4.79 Å². The molecule has 0 aliphatic rings. The molecule has 1 heterocycles. The number of amides is 1. The van der Waals surface area contributed by atoms with Crippen LogP contribution in [0.3, 0.4) is 0 Å². The minimum atomic E-state index is -4.14. The number of aromatic nitrogens is 3. The molecule has 10 heteroatoms. The second kappa shape index (κ2) is 7.70. The van der Waals surface area contributed by atoms with E-state index in [4.69, 9.17) is 0 Å². The lowest BCUT2D eigenvalue weighted by molar-refractivity contribution is 0.243. The van der Waals surface area contributed by atoms with Crippen LogP contribution in [-0.4, -0.2) is 34.5 Å². The fourth-order valence-corrected chi connectivity index (χ4v) is 4.26. The van der Waals surface area contributed by atoms with Gasteiger partial charge in [-0.2, -0.15) is 0 Å². The maximum atomic E-state index is 12.5. The van der Waals surface area contributed by atoms with E-state index >= 15 is 0 Å². The van der Waals surface area contributed by atoms with E-state index < -0.39 is 21.7 Å². The predicted molar refractivity (Wildman–Crippen MR) is 96.1 cm³/mol. The van der Waals surface area contributed by atoms with Crippen molar-refractivity contribution in [3.8, 4) is 0 Å². The third-order valence-electron chi connectivity index (χ3n) is 3.18. The first-order chi connectivity index (χ1) is 11.8. The number of thioether (sulfide) groups is 1. The summed E-state index contributed by atoms with van der Waals surface area (Å²) in [7, 11) is -2.70. The van der Waals surface area contributed by atoms with Crippen LogP contribution in [0.2, 0.25) is 0 Å². The molecule has 1 aromatic carbocycles. The molecule has 1 N–H and O–H groups in total. The first-order valence-electron chi connectivity index (χ1n) is 7.39. The topological polar surface area (TPSA) is 103 Å². The molecule has 0 atom stereocenters. The Hall–Kier alpha value is -2.33. The lowest BCUT2D eigenvalue weighted by atomic mass is 10.4. The fraction of sp³-hybridized carbons (Fsp3) is 0.267. The van der Waals surface area contributed by atoms with Gasteiger partial charge in [0.05, 0.1) is 0 Å². The Balaban J connectivity index is 2.38. The minimum Gasteiger partial charge on any atom is -0.278 e. The molecule has 2 rings (SSSR count). The first kappa shape index (κ1) is 19.0. The maximum Gasteiger partial charge on any atom is 0.360 e. The zero-order valence-electron chi connectivity index (χ0n) is 14.0. The van der Waals surface area contributed by atoms with Gasteiger partial charge in [-0.05, 0) is 30.9 Å². The summed E-state index contributed by atoms with van der Waals surface area (Å²) in [6.45, 7) is 3.62. The van der Waals surface area contributed by atoms with Gasteiger partial charge in [0.15, 0.2) is 5.82 Å². The zero-order chi connectivity index (χ0) is 18.6. The van der Waals surface area contributed by atoms with Gasteiger partial charge in [0.1, 0.15) is 4.90 Å². The number of benzene rings is 1. The number of sulfonamides is 1. The van der Waals surface area contributed by atoms with E-state index in [9.17, 15) is 18.0 Å². The van der Waals surface area contributed by atoms with Gasteiger partial charge in [-0.15, -0.1) is 21.5 Å². The number of nitrogens with zero attached hydrogens (tertiary/aromatic N) is 3. The molecule has 0 fully saturated rings. The summed E-state index contributed by atoms with van der Waals surface area (Å²) in [6, 6.07) is 5.21. The average Bonchev–Trinajstić information content (AvgIpc) is 2.84. The molecule has 0 bridgehead atoms. The van der Waals surface area contributed by atoms with Crippen LogP contribution in [0.5, 0.6) is 0 Å². The van der Waals surface area contributed by atoms with E-state index in [-0.39, 0.29) is 10.7 Å². The highest BCUT2D eigenvalue weighted by atomic mass is 32.2. The van der Waals surface area contributed by atoms with Crippen molar-refractivity contribution in [2.75, 3.05) is 5.75 Å². The highest BCUT2D eigenvalue weighted by molar-refractivity contribution is 8.00. The van der Waals surface area contributed by atoms with Crippen LogP contribution in [0.1, 0.15) is 19.7 Å². The second-order valence-corrected chi connectivity index (χ2v) is 7.86. The molecule has 0 radical (unpaired) electrons. The average molecular weight is 382 g/mol. The van der Waals surface area contributed by atoms with Crippen LogP contribution in [0, 0.1) is 0 Å². The van der Waals surface area contributed by atoms with Crippen LogP contribution < -0.4 is 10.4 Å². The molecule has 25 heavy (non-hydrogen) atoms. The van der Waals surface area contributed by atoms with Crippen molar-refractivity contribution in [3.63, 3.8) is 0 Å². The summed E-state index contributed by atoms with van der Waals surface area (Å²) in [4.78, 5) is 24.8. The monoisotopic (exact) mass is 382 g/mol. The number of rotatable bonds is 5. The van der Waals surface area contributed by atoms with E-state index in [2.05, 4.69) is 5.10 Å². The van der Waals surface area contributed by atoms with Crippen LogP contribution in [-0.2, 0) is 17.1 Å². The Bertz CT molecular complexity index is 974. The van der Waals surface area contributed by atoms with Gasteiger partial charge < -0.3 is 0 Å². The quantitative estimate of drug-likeness (QED) is 0.789. The summed E-state index contributed by atoms with van der Waals surface area (Å²) in [5.74, 6) is 0.911. The summed E-state index contributed by atoms with van der Waals surface area (Å²) >= 11 is 1.34. The van der Waals surface area contributed by atoms with E-state index in [0.717, 1.165) is 4.57 Å². The van der Waals surface area contributed by atoms with Crippen LogP contribution >= 0.6 is 11.8 Å². The second-order valence-electron chi connectivity index (χ2n) is 4.90. The summed E-state index contributed by atoms with van der Waals surface area (Å²) in [5, 5.41) is 3.83. The number of nitrogens with one attached hydrogen (secondary N) is 1. The molecular weight excluding hydrogens is 364 g/mol. The molecule has 0 aliphatic carbocycles. The number of carbonyl (C=O) groups is 1. The molecule has 0 saturated carbocycles. The SMILES string of the molecule is C/C=C\c1nn(C(=O)NS(=O)(=O)c2ccccc2SCC)c(=O)n1C. The Morgan fingerprint density at radius 1 is 1.36 bits per heavy atom. The van der Waals surface area contributed by atoms with Crippen molar-refractivity contribution in [2.24, 2.45) is 7.05 Å². The zero-order valence-corrected chi connectivity index (χ0v) is 15.6. The first-order valence-corrected chi connectivity index (χ1v) is 9.86. The van der Waals surface area contributed by atoms with Gasteiger partial charge in [-0.3, -0.25) is 4.57 Å². The number of carbonyl (C=O) groups excluding carboxylic acids is 1. The minimum absolute atomic E-state index is 0.0205. The normalized spacial score (nSPS) is 11.8. The number of allylic oxidation sites excluding steroid dienone is 1. The van der Waals surface area contributed by atoms with E-state index in [1.54, 1.807) is 31.2 Å². The highest BCUT2D eigenvalue weighted by Crippen LogP contribution is 2.25. The molecule has 2 aromatic rings. The number of hydrogen-bond acceptors (Lipinski definition) is 6. The lowest BCUT2D eigenvalue weighted by Gasteiger charge is -2.10. The molecule has 1 aromatic heterocycles. The Kier molecular flexibility index (Phi) is 5.85. The standard InChI is InChI=1S/C15H18N4O4S2/c1-4-8-13-16-19(15(21)18(13)3)14(20)17-25(22,23)12-10-7-6-9-11(12)24-5-2/h4,6-10H,5H2,1-3H3,(H,17,20)/b8-4-. The van der Waals surface area contributed by atoms with Crippen molar-refractivity contribution < 1.29 is 13.2 Å². The van der Waals surface area contributed by atoms with E-state index in [1.165, 1.54) is 31.0 Å². The van der Waals surface area contributed by atoms with Crippen molar-refractivity contribution in [3.05, 3.63) is 46.7 Å². The molecule has 134 valence electrons. The summed E-state index contributed by atoms with van der Waals surface area (Å²) < 4.78 is 28.6. The molecule has 0 spiro atoms. The Labute approximate surface area is 149 Å². The summed E-state index contributed by atoms with van der Waals surface area (Å²) in [6.07, 6.45) is 3.19. The molecule has 0 aliphatic heterocycles. The summed E-state index contributed by atoms with van der Waals surface area (Å²) in [5.41, 5.74) is -0.739. The van der Waals surface area contributed by atoms with Crippen LogP contribution in [0.25, 0.3) is 6.08 Å². The van der Waals surface area contributed by atoms with Crippen molar-refractivity contribution in [2.45, 2.75) is 23.6 Å². The Morgan fingerprint density at radius 3 is 2.68 bits per heavy atom.